The summed E-state index contributed by atoms with van der Waals surface area (Å²) >= 11 is 5.86. The number of amides is 3. The number of halogens is 2. The average Bonchev–Trinajstić information content (AvgIpc) is 3.45. The summed E-state index contributed by atoms with van der Waals surface area (Å²) in [7, 11) is -4.60. The number of imidazole rings is 1. The lowest BCUT2D eigenvalue weighted by Gasteiger charge is -2.33. The lowest BCUT2D eigenvalue weighted by molar-refractivity contribution is -0.124. The number of hydrogen-bond donors (Lipinski definition) is 2. The van der Waals surface area contributed by atoms with Crippen molar-refractivity contribution in [1.29, 1.82) is 0 Å². The Labute approximate surface area is 200 Å². The van der Waals surface area contributed by atoms with Crippen LogP contribution in [0.3, 0.4) is 0 Å². The van der Waals surface area contributed by atoms with Crippen LogP contribution in [-0.4, -0.2) is 63.4 Å². The third-order valence-electron chi connectivity index (χ3n) is 6.33. The van der Waals surface area contributed by atoms with Gasteiger partial charge in [-0.05, 0) is 37.5 Å². The molecule has 3 amide bonds. The molecule has 0 radical (unpaired) electrons. The van der Waals surface area contributed by atoms with E-state index in [9.17, 15) is 27.2 Å². The maximum Gasteiger partial charge on any atom is 0.287 e. The Morgan fingerprint density at radius 1 is 1.26 bits per heavy atom. The first-order chi connectivity index (χ1) is 15.9. The van der Waals surface area contributed by atoms with Crippen molar-refractivity contribution in [1.82, 2.24) is 19.8 Å². The Bertz CT molecular complexity index is 1270. The second kappa shape index (κ2) is 8.35. The van der Waals surface area contributed by atoms with Crippen LogP contribution in [0.5, 0.6) is 0 Å². The number of carbonyl (C=O) groups excluding carboxylic acids is 3. The third-order valence-corrected chi connectivity index (χ3v) is 9.47. The van der Waals surface area contributed by atoms with E-state index in [4.69, 9.17) is 17.3 Å². The molecule has 1 fully saturated rings. The van der Waals surface area contributed by atoms with Crippen LogP contribution >= 0.6 is 11.6 Å². The zero-order valence-corrected chi connectivity index (χ0v) is 19.8. The van der Waals surface area contributed by atoms with Crippen LogP contribution in [0, 0.1) is 0 Å². The highest BCUT2D eigenvalue weighted by Gasteiger charge is 2.65. The molecule has 34 heavy (non-hydrogen) atoms. The molecule has 0 spiro atoms. The smallest absolute Gasteiger partial charge is 0.287 e. The molecule has 0 saturated heterocycles. The lowest BCUT2D eigenvalue weighted by Crippen LogP contribution is -2.54. The maximum atomic E-state index is 14.7. The zero-order chi connectivity index (χ0) is 24.9. The molecular formula is C21H23ClFN5O5S. The summed E-state index contributed by atoms with van der Waals surface area (Å²) in [4.78, 5) is 42.4. The Morgan fingerprint density at radius 2 is 1.91 bits per heavy atom. The van der Waals surface area contributed by atoms with E-state index in [1.807, 2.05) is 0 Å². The van der Waals surface area contributed by atoms with Gasteiger partial charge in [0, 0.05) is 31.2 Å². The molecule has 4 rings (SSSR count). The van der Waals surface area contributed by atoms with E-state index < -0.39 is 37.3 Å². The minimum atomic E-state index is -4.60. The van der Waals surface area contributed by atoms with Crippen molar-refractivity contribution in [3.8, 4) is 0 Å². The van der Waals surface area contributed by atoms with Gasteiger partial charge < -0.3 is 20.5 Å². The van der Waals surface area contributed by atoms with Gasteiger partial charge in [-0.2, -0.15) is 0 Å². The number of sulfone groups is 1. The largest absolute Gasteiger partial charge is 0.366 e. The summed E-state index contributed by atoms with van der Waals surface area (Å²) in [5, 5.41) is 0.0766. The molecule has 1 aromatic carbocycles. The number of nitrogens with one attached hydrogen (secondary N) is 1. The normalized spacial score (nSPS) is 18.7. The molecule has 1 aliphatic carbocycles. The van der Waals surface area contributed by atoms with Crippen molar-refractivity contribution < 1.29 is 27.2 Å². The lowest BCUT2D eigenvalue weighted by atomic mass is 10.2. The molecule has 2 aliphatic rings. The number of hydrogen-bond acceptors (Lipinski definition) is 6. The summed E-state index contributed by atoms with van der Waals surface area (Å²) in [5.74, 6) is -2.54. The number of carbonyl (C=O) groups is 3. The van der Waals surface area contributed by atoms with Crippen LogP contribution in [0.15, 0.2) is 30.5 Å². The molecule has 3 N–H and O–H groups in total. The summed E-state index contributed by atoms with van der Waals surface area (Å²) in [6.07, 6.45) is 1.48. The number of rotatable bonds is 8. The van der Waals surface area contributed by atoms with E-state index in [-0.39, 0.29) is 50.5 Å². The minimum absolute atomic E-state index is 0.0517. The predicted molar refractivity (Wildman–Crippen MR) is 120 cm³/mol. The molecule has 1 aliphatic heterocycles. The second-order valence-electron chi connectivity index (χ2n) is 8.62. The van der Waals surface area contributed by atoms with Gasteiger partial charge in [0.1, 0.15) is 5.69 Å². The number of nitrogens with two attached hydrogens (primary N) is 1. The molecule has 2 aromatic rings. The van der Waals surface area contributed by atoms with E-state index in [2.05, 4.69) is 10.3 Å². The number of fused-ring (bicyclic) bond motifs is 1. The molecule has 2 heterocycles. The van der Waals surface area contributed by atoms with Crippen LogP contribution in [0.1, 0.15) is 46.4 Å². The first-order valence-electron chi connectivity index (χ1n) is 10.5. The highest BCUT2D eigenvalue weighted by Crippen LogP contribution is 2.49. The average molecular weight is 512 g/mol. The van der Waals surface area contributed by atoms with Crippen molar-refractivity contribution in [2.75, 3.05) is 13.1 Å². The molecule has 0 bridgehead atoms. The van der Waals surface area contributed by atoms with Crippen molar-refractivity contribution in [3.63, 3.8) is 0 Å². The first-order valence-corrected chi connectivity index (χ1v) is 12.4. The van der Waals surface area contributed by atoms with Gasteiger partial charge >= 0.3 is 0 Å². The Morgan fingerprint density at radius 3 is 2.50 bits per heavy atom. The number of benzene rings is 1. The third kappa shape index (κ3) is 3.94. The number of aromatic nitrogens is 2. The molecule has 182 valence electrons. The molecule has 1 aromatic heterocycles. The maximum absolute atomic E-state index is 14.7. The van der Waals surface area contributed by atoms with Crippen molar-refractivity contribution in [3.05, 3.63) is 52.6 Å². The molecule has 13 heteroatoms. The standard InChI is InChI=1S/C21H23ClFN5O5S/c1-20(23,19(24)31)34(32,33)21(6-7-21)12-27-8-9-28-15(18(27)30)11-25-16(28)17(29)26-10-13-2-4-14(22)5-3-13/h2-5,11H,6-10,12H2,1H3,(H2,24,31)(H,26,29). The molecule has 1 saturated carbocycles. The second-order valence-corrected chi connectivity index (χ2v) is 11.7. The molecule has 1 unspecified atom stereocenters. The van der Waals surface area contributed by atoms with Gasteiger partial charge in [0.05, 0.1) is 10.9 Å². The van der Waals surface area contributed by atoms with Crippen molar-refractivity contribution >= 4 is 39.2 Å². The van der Waals surface area contributed by atoms with Gasteiger partial charge in [0.15, 0.2) is 5.82 Å². The van der Waals surface area contributed by atoms with Crippen LogP contribution in [0.4, 0.5) is 4.39 Å². The Hall–Kier alpha value is -2.99. The fourth-order valence-corrected chi connectivity index (χ4v) is 6.16. The SMILES string of the molecule is CC(F)(C(N)=O)S(=O)(=O)C1(CN2CCn3c(cnc3C(=O)NCc3ccc(Cl)cc3)C2=O)CC1. The van der Waals surface area contributed by atoms with E-state index in [0.29, 0.717) is 11.9 Å². The highest BCUT2D eigenvalue weighted by molar-refractivity contribution is 7.95. The monoisotopic (exact) mass is 511 g/mol. The number of alkyl halides is 1. The summed E-state index contributed by atoms with van der Waals surface area (Å²) in [6, 6.07) is 6.95. The number of primary amides is 1. The predicted octanol–water partition coefficient (Wildman–Crippen LogP) is 1.04. The van der Waals surface area contributed by atoms with Gasteiger partial charge in [-0.25, -0.2) is 17.8 Å². The summed E-state index contributed by atoms with van der Waals surface area (Å²) in [5.41, 5.74) is 5.93. The highest BCUT2D eigenvalue weighted by atomic mass is 35.5. The van der Waals surface area contributed by atoms with E-state index in [0.717, 1.165) is 5.56 Å². The fraction of sp³-hybridized carbons (Fsp3) is 0.429. The molecular weight excluding hydrogens is 489 g/mol. The van der Waals surface area contributed by atoms with Gasteiger partial charge in [-0.1, -0.05) is 23.7 Å². The number of nitrogens with zero attached hydrogens (tertiary/aromatic N) is 3. The fourth-order valence-electron chi connectivity index (χ4n) is 3.99. The zero-order valence-electron chi connectivity index (χ0n) is 18.3. The van der Waals surface area contributed by atoms with Crippen LogP contribution in [0.2, 0.25) is 5.02 Å². The summed E-state index contributed by atoms with van der Waals surface area (Å²) < 4.78 is 40.2. The van der Waals surface area contributed by atoms with Crippen molar-refractivity contribution in [2.24, 2.45) is 5.73 Å². The van der Waals surface area contributed by atoms with E-state index in [1.165, 1.54) is 15.7 Å². The van der Waals surface area contributed by atoms with E-state index >= 15 is 0 Å². The Balaban J connectivity index is 1.47. The Kier molecular flexibility index (Phi) is 5.93. The topological polar surface area (TPSA) is 144 Å². The van der Waals surface area contributed by atoms with Crippen LogP contribution < -0.4 is 11.1 Å². The van der Waals surface area contributed by atoms with Gasteiger partial charge in [-0.3, -0.25) is 14.4 Å². The molecule has 10 nitrogen and oxygen atoms in total. The minimum Gasteiger partial charge on any atom is -0.366 e. The quantitative estimate of drug-likeness (QED) is 0.541. The van der Waals surface area contributed by atoms with Gasteiger partial charge in [-0.15, -0.1) is 0 Å². The van der Waals surface area contributed by atoms with Crippen LogP contribution in [0.25, 0.3) is 0 Å². The molecule has 1 atom stereocenters. The van der Waals surface area contributed by atoms with Gasteiger partial charge in [0.25, 0.3) is 22.7 Å². The van der Waals surface area contributed by atoms with Crippen molar-refractivity contribution in [2.45, 2.75) is 42.6 Å². The van der Waals surface area contributed by atoms with Gasteiger partial charge in [0.2, 0.25) is 9.84 Å². The first kappa shape index (κ1) is 24.1. The summed E-state index contributed by atoms with van der Waals surface area (Å²) in [6.45, 7) is 0.887. The van der Waals surface area contributed by atoms with Crippen LogP contribution in [-0.2, 0) is 27.7 Å². The van der Waals surface area contributed by atoms with E-state index in [1.54, 1.807) is 24.3 Å².